The highest BCUT2D eigenvalue weighted by atomic mass is 32.2. The molecule has 20 heavy (non-hydrogen) atoms. The van der Waals surface area contributed by atoms with Crippen LogP contribution in [-0.2, 0) is 14.8 Å². The smallest absolute Gasteiger partial charge is 0.234 e. The Morgan fingerprint density at radius 1 is 1.15 bits per heavy atom. The summed E-state index contributed by atoms with van der Waals surface area (Å²) in [6.07, 6.45) is 2.00. The highest BCUT2D eigenvalue weighted by Crippen LogP contribution is 2.07. The molecule has 1 rings (SSSR count). The molecule has 0 aromatic heterocycles. The fraction of sp³-hybridized carbons (Fsp3) is 0.923. The molecule has 1 fully saturated rings. The van der Waals surface area contributed by atoms with Crippen LogP contribution in [0, 0.1) is 5.92 Å². The third kappa shape index (κ3) is 5.76. The van der Waals surface area contributed by atoms with Gasteiger partial charge in [-0.2, -0.15) is 0 Å². The average molecular weight is 305 g/mol. The minimum atomic E-state index is -3.13. The molecular formula is C13H27N3O3S. The molecular weight excluding hydrogens is 278 g/mol. The molecule has 0 saturated carbocycles. The number of nitrogens with zero attached hydrogens (tertiary/aromatic N) is 2. The summed E-state index contributed by atoms with van der Waals surface area (Å²) < 4.78 is 24.5. The third-order valence-electron chi connectivity index (χ3n) is 3.77. The topological polar surface area (TPSA) is 69.7 Å². The number of sulfonamides is 1. The number of amides is 1. The minimum Gasteiger partial charge on any atom is -0.352 e. The van der Waals surface area contributed by atoms with Gasteiger partial charge in [-0.05, 0) is 25.8 Å². The lowest BCUT2D eigenvalue weighted by atomic mass is 10.1. The van der Waals surface area contributed by atoms with Gasteiger partial charge in [0.05, 0.1) is 12.8 Å². The van der Waals surface area contributed by atoms with Gasteiger partial charge >= 0.3 is 0 Å². The maximum Gasteiger partial charge on any atom is 0.234 e. The van der Waals surface area contributed by atoms with Crippen molar-refractivity contribution in [2.45, 2.75) is 33.2 Å². The Kier molecular flexibility index (Phi) is 6.42. The SMILES string of the molecule is CC(C)C(C)NC(=O)CN1CCCN(S(C)(=O)=O)CC1. The second kappa shape index (κ2) is 7.38. The predicted molar refractivity (Wildman–Crippen MR) is 79.9 cm³/mol. The molecule has 0 bridgehead atoms. The molecule has 1 aliphatic rings. The van der Waals surface area contributed by atoms with Crippen LogP contribution < -0.4 is 5.32 Å². The number of carbonyl (C=O) groups excluding carboxylic acids is 1. The zero-order chi connectivity index (χ0) is 15.3. The molecule has 1 amide bonds. The Morgan fingerprint density at radius 3 is 2.35 bits per heavy atom. The maximum absolute atomic E-state index is 11.9. The van der Waals surface area contributed by atoms with Crippen molar-refractivity contribution in [1.29, 1.82) is 0 Å². The molecule has 6 nitrogen and oxygen atoms in total. The van der Waals surface area contributed by atoms with Crippen LogP contribution in [0.25, 0.3) is 0 Å². The second-order valence-electron chi connectivity index (χ2n) is 5.89. The number of hydrogen-bond acceptors (Lipinski definition) is 4. The Labute approximate surface area is 122 Å². The van der Waals surface area contributed by atoms with Crippen LogP contribution >= 0.6 is 0 Å². The van der Waals surface area contributed by atoms with Crippen molar-refractivity contribution in [2.24, 2.45) is 5.92 Å². The summed E-state index contributed by atoms with van der Waals surface area (Å²) in [4.78, 5) is 14.0. The summed E-state index contributed by atoms with van der Waals surface area (Å²) in [5.41, 5.74) is 0. The van der Waals surface area contributed by atoms with E-state index in [4.69, 9.17) is 0 Å². The van der Waals surface area contributed by atoms with Crippen LogP contribution in [-0.4, -0.2) is 68.6 Å². The zero-order valence-electron chi connectivity index (χ0n) is 12.9. The van der Waals surface area contributed by atoms with E-state index in [9.17, 15) is 13.2 Å². The molecule has 0 spiro atoms. The molecule has 0 aliphatic carbocycles. The lowest BCUT2D eigenvalue weighted by Gasteiger charge is -2.22. The van der Waals surface area contributed by atoms with Crippen molar-refractivity contribution in [3.8, 4) is 0 Å². The van der Waals surface area contributed by atoms with Gasteiger partial charge in [0, 0.05) is 25.7 Å². The van der Waals surface area contributed by atoms with E-state index in [0.717, 1.165) is 13.0 Å². The van der Waals surface area contributed by atoms with Crippen LogP contribution in [0.2, 0.25) is 0 Å². The average Bonchev–Trinajstić information content (AvgIpc) is 2.53. The molecule has 1 heterocycles. The highest BCUT2D eigenvalue weighted by molar-refractivity contribution is 7.88. The van der Waals surface area contributed by atoms with Gasteiger partial charge in [-0.1, -0.05) is 13.8 Å². The number of rotatable bonds is 5. The second-order valence-corrected chi connectivity index (χ2v) is 7.87. The van der Waals surface area contributed by atoms with E-state index in [-0.39, 0.29) is 11.9 Å². The van der Waals surface area contributed by atoms with Crippen molar-refractivity contribution < 1.29 is 13.2 Å². The Hall–Kier alpha value is -0.660. The Balaban J connectivity index is 2.44. The molecule has 0 aromatic rings. The summed E-state index contributed by atoms with van der Waals surface area (Å²) in [5, 5.41) is 2.98. The third-order valence-corrected chi connectivity index (χ3v) is 5.08. The van der Waals surface area contributed by atoms with Crippen LogP contribution in [0.5, 0.6) is 0 Å². The fourth-order valence-electron chi connectivity index (χ4n) is 2.11. The summed E-state index contributed by atoms with van der Waals surface area (Å²) in [6.45, 7) is 8.85. The number of nitrogens with one attached hydrogen (secondary N) is 1. The zero-order valence-corrected chi connectivity index (χ0v) is 13.7. The van der Waals surface area contributed by atoms with Crippen molar-refractivity contribution >= 4 is 15.9 Å². The van der Waals surface area contributed by atoms with E-state index in [0.29, 0.717) is 32.1 Å². The van der Waals surface area contributed by atoms with Crippen molar-refractivity contribution in [1.82, 2.24) is 14.5 Å². The van der Waals surface area contributed by atoms with Crippen molar-refractivity contribution in [3.05, 3.63) is 0 Å². The number of carbonyl (C=O) groups is 1. The van der Waals surface area contributed by atoms with E-state index in [1.54, 1.807) is 0 Å². The first kappa shape index (κ1) is 17.4. The van der Waals surface area contributed by atoms with Crippen molar-refractivity contribution in [2.75, 3.05) is 39.0 Å². The first-order valence-corrected chi connectivity index (χ1v) is 9.02. The van der Waals surface area contributed by atoms with Gasteiger partial charge in [-0.15, -0.1) is 0 Å². The van der Waals surface area contributed by atoms with Gasteiger partial charge in [0.15, 0.2) is 0 Å². The summed E-state index contributed by atoms with van der Waals surface area (Å²) >= 11 is 0. The van der Waals surface area contributed by atoms with Gasteiger partial charge in [0.2, 0.25) is 15.9 Å². The largest absolute Gasteiger partial charge is 0.352 e. The molecule has 1 atom stereocenters. The normalized spacial score (nSPS) is 20.6. The van der Waals surface area contributed by atoms with E-state index in [1.165, 1.54) is 10.6 Å². The molecule has 0 radical (unpaired) electrons. The van der Waals surface area contributed by atoms with Gasteiger partial charge in [0.1, 0.15) is 0 Å². The van der Waals surface area contributed by atoms with Crippen LogP contribution in [0.15, 0.2) is 0 Å². The predicted octanol–water partition coefficient (Wildman–Crippen LogP) is 0.114. The summed E-state index contributed by atoms with van der Waals surface area (Å²) in [7, 11) is -3.13. The molecule has 1 unspecified atom stereocenters. The fourth-order valence-corrected chi connectivity index (χ4v) is 2.98. The Bertz CT molecular complexity index is 423. The lowest BCUT2D eigenvalue weighted by Crippen LogP contribution is -2.44. The van der Waals surface area contributed by atoms with Gasteiger partial charge in [-0.3, -0.25) is 9.69 Å². The van der Waals surface area contributed by atoms with Crippen molar-refractivity contribution in [3.63, 3.8) is 0 Å². The molecule has 1 aliphatic heterocycles. The Morgan fingerprint density at radius 2 is 1.80 bits per heavy atom. The van der Waals surface area contributed by atoms with E-state index >= 15 is 0 Å². The van der Waals surface area contributed by atoms with Gasteiger partial charge in [0.25, 0.3) is 0 Å². The van der Waals surface area contributed by atoms with Gasteiger partial charge in [-0.25, -0.2) is 12.7 Å². The van der Waals surface area contributed by atoms with E-state index < -0.39 is 10.0 Å². The maximum atomic E-state index is 11.9. The van der Waals surface area contributed by atoms with Crippen LogP contribution in [0.3, 0.4) is 0 Å². The molecule has 1 N–H and O–H groups in total. The van der Waals surface area contributed by atoms with Crippen LogP contribution in [0.1, 0.15) is 27.2 Å². The molecule has 1 saturated heterocycles. The number of hydrogen-bond donors (Lipinski definition) is 1. The first-order chi connectivity index (χ1) is 9.20. The molecule has 118 valence electrons. The molecule has 7 heteroatoms. The summed E-state index contributed by atoms with van der Waals surface area (Å²) in [5.74, 6) is 0.419. The summed E-state index contributed by atoms with van der Waals surface area (Å²) in [6, 6.07) is 0.155. The van der Waals surface area contributed by atoms with Crippen LogP contribution in [0.4, 0.5) is 0 Å². The standard InChI is InChI=1S/C13H27N3O3S/c1-11(2)12(3)14-13(17)10-15-6-5-7-16(9-8-15)20(4,18)19/h11-12H,5-10H2,1-4H3,(H,14,17). The first-order valence-electron chi connectivity index (χ1n) is 7.17. The van der Waals surface area contributed by atoms with Gasteiger partial charge < -0.3 is 5.32 Å². The quantitative estimate of drug-likeness (QED) is 0.783. The highest BCUT2D eigenvalue weighted by Gasteiger charge is 2.22. The minimum absolute atomic E-state index is 0.0130. The monoisotopic (exact) mass is 305 g/mol. The van der Waals surface area contributed by atoms with E-state index in [1.807, 2.05) is 11.8 Å². The molecule has 0 aromatic carbocycles. The lowest BCUT2D eigenvalue weighted by molar-refractivity contribution is -0.123. The van der Waals surface area contributed by atoms with E-state index in [2.05, 4.69) is 19.2 Å².